The number of para-hydroxylation sites is 1. The molecule has 0 bridgehead atoms. The minimum atomic E-state index is -0.363. The van der Waals surface area contributed by atoms with Gasteiger partial charge in [-0.05, 0) is 44.1 Å². The normalized spacial score (nSPS) is 16.1. The van der Waals surface area contributed by atoms with Gasteiger partial charge >= 0.3 is 0 Å². The molecule has 0 spiro atoms. The topological polar surface area (TPSA) is 64.8 Å². The Kier molecular flexibility index (Phi) is 3.52. The second-order valence-electron chi connectivity index (χ2n) is 5.32. The molecule has 1 saturated heterocycles. The lowest BCUT2D eigenvalue weighted by Gasteiger charge is -2.21. The van der Waals surface area contributed by atoms with Crippen LogP contribution in [0.3, 0.4) is 0 Å². The number of benzene rings is 1. The Balaban J connectivity index is 2.08. The van der Waals surface area contributed by atoms with Crippen molar-refractivity contribution >= 4 is 29.2 Å². The Labute approximate surface area is 127 Å². The molecule has 3 rings (SSSR count). The summed E-state index contributed by atoms with van der Waals surface area (Å²) in [5.41, 5.74) is 2.04. The maximum Gasteiger partial charge on any atom is 0.245 e. The van der Waals surface area contributed by atoms with Crippen molar-refractivity contribution in [3.63, 3.8) is 0 Å². The van der Waals surface area contributed by atoms with Crippen molar-refractivity contribution in [2.75, 3.05) is 13.1 Å². The second kappa shape index (κ2) is 5.34. The molecule has 1 aromatic carbocycles. The van der Waals surface area contributed by atoms with Crippen molar-refractivity contribution in [1.29, 1.82) is 5.26 Å². The molecule has 1 N–H and O–H groups in total. The van der Waals surface area contributed by atoms with Gasteiger partial charge in [-0.1, -0.05) is 6.07 Å². The van der Waals surface area contributed by atoms with Crippen LogP contribution in [0.5, 0.6) is 0 Å². The summed E-state index contributed by atoms with van der Waals surface area (Å²) in [7, 11) is 0. The number of aromatic amines is 1. The summed E-state index contributed by atoms with van der Waals surface area (Å²) in [4.78, 5) is 17.5. The quantitative estimate of drug-likeness (QED) is 0.867. The van der Waals surface area contributed by atoms with Gasteiger partial charge in [-0.2, -0.15) is 5.26 Å². The SMILES string of the molecule is CC(C(=O)N1CCCC1)n1c(=S)[nH]c2c(C#N)cccc21. The van der Waals surface area contributed by atoms with Gasteiger partial charge in [-0.15, -0.1) is 0 Å². The van der Waals surface area contributed by atoms with E-state index in [0.717, 1.165) is 31.4 Å². The lowest BCUT2D eigenvalue weighted by molar-refractivity contribution is -0.133. The van der Waals surface area contributed by atoms with Gasteiger partial charge < -0.3 is 14.5 Å². The van der Waals surface area contributed by atoms with Gasteiger partial charge in [-0.3, -0.25) is 4.79 Å². The first-order valence-electron chi connectivity index (χ1n) is 7.05. The molecule has 1 unspecified atom stereocenters. The van der Waals surface area contributed by atoms with Gasteiger partial charge in [0.2, 0.25) is 5.91 Å². The first-order valence-corrected chi connectivity index (χ1v) is 7.46. The second-order valence-corrected chi connectivity index (χ2v) is 5.71. The van der Waals surface area contributed by atoms with Gasteiger partial charge in [0.15, 0.2) is 4.77 Å². The Morgan fingerprint density at radius 2 is 2.14 bits per heavy atom. The highest BCUT2D eigenvalue weighted by atomic mass is 32.1. The molecule has 5 nitrogen and oxygen atoms in total. The highest BCUT2D eigenvalue weighted by Crippen LogP contribution is 2.24. The van der Waals surface area contributed by atoms with Crippen molar-refractivity contribution in [1.82, 2.24) is 14.5 Å². The number of hydrogen-bond donors (Lipinski definition) is 1. The van der Waals surface area contributed by atoms with Crippen LogP contribution in [-0.4, -0.2) is 33.4 Å². The average molecular weight is 300 g/mol. The summed E-state index contributed by atoms with van der Waals surface area (Å²) >= 11 is 5.36. The number of amides is 1. The van der Waals surface area contributed by atoms with Gasteiger partial charge in [-0.25, -0.2) is 0 Å². The molecule has 0 aliphatic carbocycles. The van der Waals surface area contributed by atoms with Gasteiger partial charge in [0.25, 0.3) is 0 Å². The zero-order chi connectivity index (χ0) is 15.0. The third-order valence-electron chi connectivity index (χ3n) is 4.04. The molecule has 0 radical (unpaired) electrons. The van der Waals surface area contributed by atoms with Gasteiger partial charge in [0, 0.05) is 13.1 Å². The molecule has 1 atom stereocenters. The number of nitrogens with zero attached hydrogens (tertiary/aromatic N) is 3. The molecule has 1 fully saturated rings. The van der Waals surface area contributed by atoms with Crippen LogP contribution < -0.4 is 0 Å². The molecule has 2 heterocycles. The van der Waals surface area contributed by atoms with Gasteiger partial charge in [0.1, 0.15) is 12.1 Å². The van der Waals surface area contributed by atoms with Crippen LogP contribution in [0, 0.1) is 16.1 Å². The number of likely N-dealkylation sites (tertiary alicyclic amines) is 1. The molecule has 1 aliphatic heterocycles. The predicted molar refractivity (Wildman–Crippen MR) is 82.4 cm³/mol. The Bertz CT molecular complexity index is 792. The number of imidazole rings is 1. The van der Waals surface area contributed by atoms with Crippen molar-refractivity contribution in [3.05, 3.63) is 28.5 Å². The fraction of sp³-hybridized carbons (Fsp3) is 0.400. The van der Waals surface area contributed by atoms with Crippen LogP contribution in [-0.2, 0) is 4.79 Å². The number of nitrogens with one attached hydrogen (secondary N) is 1. The standard InChI is InChI=1S/C15H16N4OS/c1-10(14(20)18-7-2-3-8-18)19-12-6-4-5-11(9-16)13(12)17-15(19)21/h4-6,10H,2-3,7-8H2,1H3,(H,17,21). The smallest absolute Gasteiger partial charge is 0.245 e. The van der Waals surface area contributed by atoms with Crippen molar-refractivity contribution < 1.29 is 4.79 Å². The largest absolute Gasteiger partial charge is 0.341 e. The van der Waals surface area contributed by atoms with E-state index in [-0.39, 0.29) is 11.9 Å². The van der Waals surface area contributed by atoms with E-state index in [1.165, 1.54) is 0 Å². The van der Waals surface area contributed by atoms with Crippen LogP contribution in [0.25, 0.3) is 11.0 Å². The van der Waals surface area contributed by atoms with E-state index in [2.05, 4.69) is 11.1 Å². The number of H-pyrrole nitrogens is 1. The highest BCUT2D eigenvalue weighted by Gasteiger charge is 2.26. The van der Waals surface area contributed by atoms with E-state index in [1.54, 1.807) is 6.07 Å². The maximum absolute atomic E-state index is 12.6. The molecule has 1 amide bonds. The number of fused-ring (bicyclic) bond motifs is 1. The Hall–Kier alpha value is -2.13. The fourth-order valence-electron chi connectivity index (χ4n) is 2.94. The third-order valence-corrected chi connectivity index (χ3v) is 4.33. The molecule has 6 heteroatoms. The molecule has 0 saturated carbocycles. The lowest BCUT2D eigenvalue weighted by Crippen LogP contribution is -2.34. The minimum absolute atomic E-state index is 0.0897. The number of rotatable bonds is 2. The summed E-state index contributed by atoms with van der Waals surface area (Å²) in [6.07, 6.45) is 2.13. The monoisotopic (exact) mass is 300 g/mol. The van der Waals surface area contributed by atoms with Gasteiger partial charge in [0.05, 0.1) is 16.6 Å². The van der Waals surface area contributed by atoms with E-state index in [9.17, 15) is 4.79 Å². The van der Waals surface area contributed by atoms with Crippen LogP contribution in [0.1, 0.15) is 31.4 Å². The van der Waals surface area contributed by atoms with E-state index in [4.69, 9.17) is 17.5 Å². The average Bonchev–Trinajstić information content (AvgIpc) is 3.12. The minimum Gasteiger partial charge on any atom is -0.341 e. The first-order chi connectivity index (χ1) is 10.1. The fourth-order valence-corrected chi connectivity index (χ4v) is 3.30. The number of carbonyl (C=O) groups excluding carboxylic acids is 1. The number of hydrogen-bond acceptors (Lipinski definition) is 3. The molecular weight excluding hydrogens is 284 g/mol. The summed E-state index contributed by atoms with van der Waals surface area (Å²) in [5, 5.41) is 9.17. The third kappa shape index (κ3) is 2.24. The summed E-state index contributed by atoms with van der Waals surface area (Å²) in [6, 6.07) is 7.22. The summed E-state index contributed by atoms with van der Waals surface area (Å²) in [6.45, 7) is 3.51. The van der Waals surface area contributed by atoms with E-state index >= 15 is 0 Å². The van der Waals surface area contributed by atoms with Crippen LogP contribution in [0.2, 0.25) is 0 Å². The van der Waals surface area contributed by atoms with Crippen molar-refractivity contribution in [2.24, 2.45) is 0 Å². The number of nitriles is 1. The Morgan fingerprint density at radius 3 is 2.81 bits per heavy atom. The zero-order valence-corrected chi connectivity index (χ0v) is 12.6. The molecular formula is C15H16N4OS. The van der Waals surface area contributed by atoms with Crippen LogP contribution in [0.15, 0.2) is 18.2 Å². The van der Waals surface area contributed by atoms with E-state index in [1.807, 2.05) is 28.5 Å². The highest BCUT2D eigenvalue weighted by molar-refractivity contribution is 7.71. The summed E-state index contributed by atoms with van der Waals surface area (Å²) < 4.78 is 2.29. The molecule has 108 valence electrons. The van der Waals surface area contributed by atoms with Crippen molar-refractivity contribution in [3.8, 4) is 6.07 Å². The van der Waals surface area contributed by atoms with E-state index < -0.39 is 0 Å². The van der Waals surface area contributed by atoms with E-state index in [0.29, 0.717) is 15.9 Å². The Morgan fingerprint density at radius 1 is 1.43 bits per heavy atom. The van der Waals surface area contributed by atoms with Crippen molar-refractivity contribution in [2.45, 2.75) is 25.8 Å². The van der Waals surface area contributed by atoms with Crippen LogP contribution >= 0.6 is 12.2 Å². The predicted octanol–water partition coefficient (Wildman–Crippen LogP) is 2.75. The lowest BCUT2D eigenvalue weighted by atomic mass is 10.2. The maximum atomic E-state index is 12.6. The molecule has 1 aromatic heterocycles. The summed E-state index contributed by atoms with van der Waals surface area (Å²) in [5.74, 6) is 0.0897. The number of carbonyl (C=O) groups is 1. The van der Waals surface area contributed by atoms with Crippen LogP contribution in [0.4, 0.5) is 0 Å². The number of aromatic nitrogens is 2. The first kappa shape index (κ1) is 13.8. The molecule has 1 aliphatic rings. The zero-order valence-electron chi connectivity index (χ0n) is 11.8. The molecule has 2 aromatic rings. The molecule has 21 heavy (non-hydrogen) atoms.